The highest BCUT2D eigenvalue weighted by Gasteiger charge is 2.20. The summed E-state index contributed by atoms with van der Waals surface area (Å²) in [4.78, 5) is 13.7. The molecule has 0 aromatic heterocycles. The molecule has 0 N–H and O–H groups in total. The van der Waals surface area contributed by atoms with Gasteiger partial charge in [-0.3, -0.25) is 4.79 Å². The molecule has 0 saturated carbocycles. The van der Waals surface area contributed by atoms with Crippen LogP contribution >= 0.6 is 0 Å². The van der Waals surface area contributed by atoms with Crippen molar-refractivity contribution in [1.29, 1.82) is 0 Å². The zero-order chi connectivity index (χ0) is 11.8. The average molecular weight is 229 g/mol. The quantitative estimate of drug-likeness (QED) is 0.652. The highest BCUT2D eigenvalue weighted by molar-refractivity contribution is 5.76. The zero-order valence-electron chi connectivity index (χ0n) is 10.4. The largest absolute Gasteiger partial charge is 0.351 e. The fourth-order valence-electron chi connectivity index (χ4n) is 1.94. The fraction of sp³-hybridized carbons (Fsp3) is 0.917. The highest BCUT2D eigenvalue weighted by Crippen LogP contribution is 2.12. The SMILES string of the molecule is CCOC(CN1CCCCCC1=O)OCC. The molecular formula is C12H23NO3. The van der Waals surface area contributed by atoms with E-state index in [1.807, 2.05) is 18.7 Å². The molecule has 1 aliphatic heterocycles. The van der Waals surface area contributed by atoms with Crippen molar-refractivity contribution in [1.82, 2.24) is 4.90 Å². The van der Waals surface area contributed by atoms with E-state index < -0.39 is 0 Å². The monoisotopic (exact) mass is 229 g/mol. The molecule has 0 atom stereocenters. The minimum Gasteiger partial charge on any atom is -0.351 e. The summed E-state index contributed by atoms with van der Waals surface area (Å²) in [7, 11) is 0. The van der Waals surface area contributed by atoms with Gasteiger partial charge in [0.25, 0.3) is 0 Å². The Balaban J connectivity index is 2.43. The number of carbonyl (C=O) groups excluding carboxylic acids is 1. The van der Waals surface area contributed by atoms with Crippen LogP contribution in [0.3, 0.4) is 0 Å². The first-order valence-corrected chi connectivity index (χ1v) is 6.28. The number of nitrogens with zero attached hydrogens (tertiary/aromatic N) is 1. The topological polar surface area (TPSA) is 38.8 Å². The number of hydrogen-bond donors (Lipinski definition) is 0. The maximum Gasteiger partial charge on any atom is 0.222 e. The van der Waals surface area contributed by atoms with Crippen molar-refractivity contribution in [2.45, 2.75) is 45.8 Å². The van der Waals surface area contributed by atoms with Crippen molar-refractivity contribution in [3.63, 3.8) is 0 Å². The van der Waals surface area contributed by atoms with Crippen LogP contribution in [-0.2, 0) is 14.3 Å². The molecule has 0 unspecified atom stereocenters. The third-order valence-corrected chi connectivity index (χ3v) is 2.75. The Bertz CT molecular complexity index is 202. The molecule has 4 heteroatoms. The average Bonchev–Trinajstić information content (AvgIpc) is 2.45. The van der Waals surface area contributed by atoms with Crippen LogP contribution in [-0.4, -0.2) is 43.4 Å². The molecule has 1 amide bonds. The second-order valence-electron chi connectivity index (χ2n) is 3.99. The van der Waals surface area contributed by atoms with Crippen molar-refractivity contribution >= 4 is 5.91 Å². The van der Waals surface area contributed by atoms with Crippen LogP contribution in [0.4, 0.5) is 0 Å². The van der Waals surface area contributed by atoms with Crippen LogP contribution in [0, 0.1) is 0 Å². The lowest BCUT2D eigenvalue weighted by molar-refractivity contribution is -0.158. The Morgan fingerprint density at radius 1 is 1.19 bits per heavy atom. The Morgan fingerprint density at radius 3 is 2.50 bits per heavy atom. The van der Waals surface area contributed by atoms with E-state index >= 15 is 0 Å². The van der Waals surface area contributed by atoms with Crippen LogP contribution in [0.1, 0.15) is 39.5 Å². The fourth-order valence-corrected chi connectivity index (χ4v) is 1.94. The van der Waals surface area contributed by atoms with Crippen molar-refractivity contribution in [2.75, 3.05) is 26.3 Å². The minimum absolute atomic E-state index is 0.238. The molecule has 0 spiro atoms. The van der Waals surface area contributed by atoms with E-state index in [9.17, 15) is 4.79 Å². The van der Waals surface area contributed by atoms with E-state index in [1.165, 1.54) is 0 Å². The number of ether oxygens (including phenoxy) is 2. The first-order chi connectivity index (χ1) is 7.77. The maximum absolute atomic E-state index is 11.8. The molecular weight excluding hydrogens is 206 g/mol. The van der Waals surface area contributed by atoms with Gasteiger partial charge in [-0.05, 0) is 26.7 Å². The zero-order valence-corrected chi connectivity index (χ0v) is 10.4. The van der Waals surface area contributed by atoms with Crippen LogP contribution in [0.25, 0.3) is 0 Å². The molecule has 1 heterocycles. The van der Waals surface area contributed by atoms with Crippen molar-refractivity contribution in [2.24, 2.45) is 0 Å². The Labute approximate surface area is 97.9 Å². The smallest absolute Gasteiger partial charge is 0.222 e. The molecule has 16 heavy (non-hydrogen) atoms. The van der Waals surface area contributed by atoms with E-state index in [-0.39, 0.29) is 12.2 Å². The third-order valence-electron chi connectivity index (χ3n) is 2.75. The van der Waals surface area contributed by atoms with E-state index in [0.717, 1.165) is 25.8 Å². The van der Waals surface area contributed by atoms with Gasteiger partial charge in [0.15, 0.2) is 6.29 Å². The lowest BCUT2D eigenvalue weighted by Crippen LogP contribution is -2.39. The molecule has 1 rings (SSSR count). The van der Waals surface area contributed by atoms with Gasteiger partial charge in [0, 0.05) is 26.2 Å². The number of hydrogen-bond acceptors (Lipinski definition) is 3. The van der Waals surface area contributed by atoms with Gasteiger partial charge < -0.3 is 14.4 Å². The lowest BCUT2D eigenvalue weighted by Gasteiger charge is -2.26. The molecule has 4 nitrogen and oxygen atoms in total. The van der Waals surface area contributed by atoms with Crippen molar-refractivity contribution < 1.29 is 14.3 Å². The minimum atomic E-state index is -0.267. The number of carbonyl (C=O) groups is 1. The van der Waals surface area contributed by atoms with E-state index in [1.54, 1.807) is 0 Å². The Hall–Kier alpha value is -0.610. The van der Waals surface area contributed by atoms with Gasteiger partial charge in [-0.2, -0.15) is 0 Å². The van der Waals surface area contributed by atoms with E-state index in [0.29, 0.717) is 26.2 Å². The van der Waals surface area contributed by atoms with Crippen LogP contribution in [0.15, 0.2) is 0 Å². The van der Waals surface area contributed by atoms with Gasteiger partial charge in [0.1, 0.15) is 0 Å². The number of amides is 1. The third kappa shape index (κ3) is 4.49. The normalized spacial score (nSPS) is 17.9. The molecule has 1 aliphatic rings. The van der Waals surface area contributed by atoms with Gasteiger partial charge in [0.05, 0.1) is 6.54 Å². The van der Waals surface area contributed by atoms with Gasteiger partial charge in [-0.15, -0.1) is 0 Å². The Kier molecular flexibility index (Phi) is 6.42. The summed E-state index contributed by atoms with van der Waals surface area (Å²) in [5.74, 6) is 0.238. The first-order valence-electron chi connectivity index (χ1n) is 6.28. The Morgan fingerprint density at radius 2 is 1.88 bits per heavy atom. The highest BCUT2D eigenvalue weighted by atomic mass is 16.7. The summed E-state index contributed by atoms with van der Waals surface area (Å²) < 4.78 is 10.9. The van der Waals surface area contributed by atoms with Crippen molar-refractivity contribution in [3.8, 4) is 0 Å². The molecule has 0 aromatic carbocycles. The molecule has 1 fully saturated rings. The van der Waals surface area contributed by atoms with Gasteiger partial charge in [-0.25, -0.2) is 0 Å². The summed E-state index contributed by atoms with van der Waals surface area (Å²) in [5.41, 5.74) is 0. The molecule has 1 saturated heterocycles. The predicted octanol–water partition coefficient (Wildman–Crippen LogP) is 1.79. The second kappa shape index (κ2) is 7.63. The first kappa shape index (κ1) is 13.5. The molecule has 94 valence electrons. The van der Waals surface area contributed by atoms with Gasteiger partial charge >= 0.3 is 0 Å². The number of rotatable bonds is 6. The van der Waals surface area contributed by atoms with E-state index in [4.69, 9.17) is 9.47 Å². The van der Waals surface area contributed by atoms with Crippen LogP contribution < -0.4 is 0 Å². The maximum atomic E-state index is 11.8. The summed E-state index contributed by atoms with van der Waals surface area (Å²) in [5, 5.41) is 0. The summed E-state index contributed by atoms with van der Waals surface area (Å²) in [6.07, 6.45) is 3.67. The number of likely N-dealkylation sites (tertiary alicyclic amines) is 1. The van der Waals surface area contributed by atoms with Gasteiger partial charge in [0.2, 0.25) is 5.91 Å². The lowest BCUT2D eigenvalue weighted by atomic mass is 10.2. The molecule has 0 radical (unpaired) electrons. The van der Waals surface area contributed by atoms with Crippen LogP contribution in [0.2, 0.25) is 0 Å². The summed E-state index contributed by atoms with van der Waals surface area (Å²) >= 11 is 0. The summed E-state index contributed by atoms with van der Waals surface area (Å²) in [6, 6.07) is 0. The standard InChI is InChI=1S/C12H23NO3/c1-3-15-12(16-4-2)10-13-9-7-5-6-8-11(13)14/h12H,3-10H2,1-2H3. The van der Waals surface area contributed by atoms with Gasteiger partial charge in [-0.1, -0.05) is 6.42 Å². The van der Waals surface area contributed by atoms with E-state index in [2.05, 4.69) is 0 Å². The molecule has 0 aromatic rings. The molecule has 0 aliphatic carbocycles. The molecule has 0 bridgehead atoms. The van der Waals surface area contributed by atoms with Crippen LogP contribution in [0.5, 0.6) is 0 Å². The summed E-state index contributed by atoms with van der Waals surface area (Å²) in [6.45, 7) is 6.53. The van der Waals surface area contributed by atoms with Crippen molar-refractivity contribution in [3.05, 3.63) is 0 Å². The predicted molar refractivity (Wildman–Crippen MR) is 62.1 cm³/mol. The second-order valence-corrected chi connectivity index (χ2v) is 3.99.